The Labute approximate surface area is 92.6 Å². The summed E-state index contributed by atoms with van der Waals surface area (Å²) in [6.07, 6.45) is 1.37. The lowest BCUT2D eigenvalue weighted by Crippen LogP contribution is -2.21. The van der Waals surface area contributed by atoms with Gasteiger partial charge in [0.05, 0.1) is 6.10 Å². The quantitative estimate of drug-likeness (QED) is 0.773. The fraction of sp³-hybridized carbons (Fsp3) is 0.538. The van der Waals surface area contributed by atoms with E-state index in [0.717, 1.165) is 13.0 Å². The molecule has 0 heterocycles. The molecule has 0 aliphatic rings. The van der Waals surface area contributed by atoms with Gasteiger partial charge in [-0.1, -0.05) is 30.3 Å². The zero-order chi connectivity index (χ0) is 11.1. The van der Waals surface area contributed by atoms with Gasteiger partial charge < -0.3 is 10.1 Å². The second-order valence-electron chi connectivity index (χ2n) is 3.95. The Morgan fingerprint density at radius 3 is 2.47 bits per heavy atom. The van der Waals surface area contributed by atoms with E-state index in [-0.39, 0.29) is 0 Å². The second kappa shape index (κ2) is 6.59. The fourth-order valence-electron chi connectivity index (χ4n) is 1.81. The van der Waals surface area contributed by atoms with Crippen LogP contribution in [0.1, 0.15) is 24.8 Å². The summed E-state index contributed by atoms with van der Waals surface area (Å²) in [7, 11) is 3.76. The molecular formula is C13H21NO. The number of likely N-dealkylation sites (N-methyl/N-ethyl adjacent to an activating group) is 1. The molecule has 0 aliphatic carbocycles. The van der Waals surface area contributed by atoms with Gasteiger partial charge in [-0.3, -0.25) is 0 Å². The monoisotopic (exact) mass is 207 g/mol. The van der Waals surface area contributed by atoms with Gasteiger partial charge in [-0.25, -0.2) is 0 Å². The van der Waals surface area contributed by atoms with Crippen LogP contribution in [-0.2, 0) is 4.74 Å². The molecule has 0 spiro atoms. The molecule has 2 heteroatoms. The Kier molecular flexibility index (Phi) is 5.37. The molecule has 0 fully saturated rings. The molecule has 2 unspecified atom stereocenters. The first-order valence-corrected chi connectivity index (χ1v) is 5.50. The first kappa shape index (κ1) is 12.2. The fourth-order valence-corrected chi connectivity index (χ4v) is 1.81. The standard InChI is InChI=1S/C13H21NO/c1-11(15-3)9-13(10-14-2)12-7-5-4-6-8-12/h4-8,11,13-14H,9-10H2,1-3H3. The maximum Gasteiger partial charge on any atom is 0.0549 e. The number of hydrogen-bond acceptors (Lipinski definition) is 2. The van der Waals surface area contributed by atoms with Gasteiger partial charge in [-0.05, 0) is 31.9 Å². The van der Waals surface area contributed by atoms with Crippen LogP contribution in [0.4, 0.5) is 0 Å². The molecule has 1 rings (SSSR count). The van der Waals surface area contributed by atoms with Gasteiger partial charge in [-0.15, -0.1) is 0 Å². The molecule has 0 aromatic heterocycles. The highest BCUT2D eigenvalue weighted by Crippen LogP contribution is 2.21. The molecule has 1 aromatic rings. The van der Waals surface area contributed by atoms with Gasteiger partial charge in [0.2, 0.25) is 0 Å². The lowest BCUT2D eigenvalue weighted by Gasteiger charge is -2.20. The van der Waals surface area contributed by atoms with Crippen molar-refractivity contribution in [3.63, 3.8) is 0 Å². The van der Waals surface area contributed by atoms with E-state index in [4.69, 9.17) is 4.74 Å². The van der Waals surface area contributed by atoms with Crippen LogP contribution in [0.15, 0.2) is 30.3 Å². The highest BCUT2D eigenvalue weighted by atomic mass is 16.5. The minimum absolute atomic E-state index is 0.309. The normalized spacial score (nSPS) is 14.9. The van der Waals surface area contributed by atoms with E-state index in [0.29, 0.717) is 12.0 Å². The van der Waals surface area contributed by atoms with Crippen molar-refractivity contribution in [3.8, 4) is 0 Å². The van der Waals surface area contributed by atoms with E-state index >= 15 is 0 Å². The smallest absolute Gasteiger partial charge is 0.0549 e. The molecule has 1 aromatic carbocycles. The number of nitrogens with one attached hydrogen (secondary N) is 1. The third-order valence-electron chi connectivity index (χ3n) is 2.74. The lowest BCUT2D eigenvalue weighted by molar-refractivity contribution is 0.104. The van der Waals surface area contributed by atoms with Gasteiger partial charge in [0, 0.05) is 13.7 Å². The van der Waals surface area contributed by atoms with E-state index < -0.39 is 0 Å². The highest BCUT2D eigenvalue weighted by Gasteiger charge is 2.13. The average Bonchev–Trinajstić information content (AvgIpc) is 2.29. The summed E-state index contributed by atoms with van der Waals surface area (Å²) in [5.41, 5.74) is 1.38. The maximum atomic E-state index is 5.32. The van der Waals surface area contributed by atoms with Gasteiger partial charge >= 0.3 is 0 Å². The molecule has 0 aliphatic heterocycles. The number of benzene rings is 1. The minimum Gasteiger partial charge on any atom is -0.382 e. The Morgan fingerprint density at radius 1 is 1.27 bits per heavy atom. The van der Waals surface area contributed by atoms with Crippen LogP contribution in [0.5, 0.6) is 0 Å². The molecule has 0 amide bonds. The van der Waals surface area contributed by atoms with Crippen LogP contribution in [0, 0.1) is 0 Å². The molecule has 2 nitrogen and oxygen atoms in total. The van der Waals surface area contributed by atoms with Crippen molar-refractivity contribution in [1.82, 2.24) is 5.32 Å². The SMILES string of the molecule is CNCC(CC(C)OC)c1ccccc1. The van der Waals surface area contributed by atoms with Gasteiger partial charge in [0.15, 0.2) is 0 Å². The van der Waals surface area contributed by atoms with Crippen molar-refractivity contribution in [2.75, 3.05) is 20.7 Å². The Balaban J connectivity index is 2.65. The van der Waals surface area contributed by atoms with Crippen molar-refractivity contribution in [1.29, 1.82) is 0 Å². The largest absolute Gasteiger partial charge is 0.382 e. The summed E-state index contributed by atoms with van der Waals surface area (Å²) in [4.78, 5) is 0. The number of ether oxygens (including phenoxy) is 1. The predicted molar refractivity (Wildman–Crippen MR) is 64.2 cm³/mol. The van der Waals surface area contributed by atoms with Crippen molar-refractivity contribution < 1.29 is 4.74 Å². The Morgan fingerprint density at radius 2 is 1.93 bits per heavy atom. The summed E-state index contributed by atoms with van der Waals surface area (Å²) in [6, 6.07) is 10.6. The molecule has 0 saturated carbocycles. The topological polar surface area (TPSA) is 21.3 Å². The maximum absolute atomic E-state index is 5.32. The first-order chi connectivity index (χ1) is 7.27. The molecule has 0 radical (unpaired) electrons. The lowest BCUT2D eigenvalue weighted by atomic mass is 9.93. The van der Waals surface area contributed by atoms with Gasteiger partial charge in [0.1, 0.15) is 0 Å². The Hall–Kier alpha value is -0.860. The molecule has 0 bridgehead atoms. The van der Waals surface area contributed by atoms with Crippen molar-refractivity contribution in [2.45, 2.75) is 25.4 Å². The molecule has 1 N–H and O–H groups in total. The van der Waals surface area contributed by atoms with Gasteiger partial charge in [-0.2, -0.15) is 0 Å². The third kappa shape index (κ3) is 4.02. The van der Waals surface area contributed by atoms with Crippen LogP contribution in [-0.4, -0.2) is 26.8 Å². The van der Waals surface area contributed by atoms with Crippen LogP contribution in [0.25, 0.3) is 0 Å². The summed E-state index contributed by atoms with van der Waals surface area (Å²) in [6.45, 7) is 3.11. The number of hydrogen-bond donors (Lipinski definition) is 1. The van der Waals surface area contributed by atoms with Crippen LogP contribution in [0.2, 0.25) is 0 Å². The van der Waals surface area contributed by atoms with Crippen LogP contribution in [0.3, 0.4) is 0 Å². The zero-order valence-electron chi connectivity index (χ0n) is 9.86. The highest BCUT2D eigenvalue weighted by molar-refractivity contribution is 5.20. The first-order valence-electron chi connectivity index (χ1n) is 5.50. The minimum atomic E-state index is 0.309. The number of methoxy groups -OCH3 is 1. The summed E-state index contributed by atoms with van der Waals surface area (Å²) in [5, 5.41) is 3.24. The van der Waals surface area contributed by atoms with Gasteiger partial charge in [0.25, 0.3) is 0 Å². The van der Waals surface area contributed by atoms with E-state index in [1.807, 2.05) is 7.05 Å². The van der Waals surface area contributed by atoms with Crippen molar-refractivity contribution >= 4 is 0 Å². The summed E-state index contributed by atoms with van der Waals surface area (Å²) in [5.74, 6) is 0.533. The molecule has 15 heavy (non-hydrogen) atoms. The van der Waals surface area contributed by atoms with Crippen molar-refractivity contribution in [2.24, 2.45) is 0 Å². The number of rotatable bonds is 6. The summed E-state index contributed by atoms with van der Waals surface area (Å²) < 4.78 is 5.32. The summed E-state index contributed by atoms with van der Waals surface area (Å²) >= 11 is 0. The predicted octanol–water partition coefficient (Wildman–Crippen LogP) is 2.41. The molecule has 0 saturated heterocycles. The molecule has 84 valence electrons. The zero-order valence-corrected chi connectivity index (χ0v) is 9.86. The molecule has 2 atom stereocenters. The second-order valence-corrected chi connectivity index (χ2v) is 3.95. The van der Waals surface area contributed by atoms with Crippen LogP contribution < -0.4 is 5.32 Å². The van der Waals surface area contributed by atoms with E-state index in [1.165, 1.54) is 5.56 Å². The van der Waals surface area contributed by atoms with E-state index in [1.54, 1.807) is 7.11 Å². The Bertz CT molecular complexity index is 260. The van der Waals surface area contributed by atoms with E-state index in [9.17, 15) is 0 Å². The third-order valence-corrected chi connectivity index (χ3v) is 2.74. The molecular weight excluding hydrogens is 186 g/mol. The van der Waals surface area contributed by atoms with Crippen LogP contribution >= 0.6 is 0 Å². The average molecular weight is 207 g/mol. The van der Waals surface area contributed by atoms with E-state index in [2.05, 4.69) is 42.6 Å². The van der Waals surface area contributed by atoms with Crippen molar-refractivity contribution in [3.05, 3.63) is 35.9 Å².